The molecule has 0 saturated carbocycles. The minimum atomic E-state index is 0.487. The van der Waals surface area contributed by atoms with Crippen molar-refractivity contribution < 1.29 is 0 Å². The zero-order chi connectivity index (χ0) is 14.1. The van der Waals surface area contributed by atoms with Crippen molar-refractivity contribution in [3.63, 3.8) is 0 Å². The highest BCUT2D eigenvalue weighted by atomic mass is 15.3. The molecule has 2 aliphatic heterocycles. The second kappa shape index (κ2) is 5.76. The van der Waals surface area contributed by atoms with Gasteiger partial charge in [-0.3, -0.25) is 0 Å². The number of piperidine rings is 1. The molecular formula is C16H28N4. The summed E-state index contributed by atoms with van der Waals surface area (Å²) in [6.45, 7) is 10.1. The van der Waals surface area contributed by atoms with E-state index in [4.69, 9.17) is 4.98 Å². The Morgan fingerprint density at radius 2 is 2.00 bits per heavy atom. The van der Waals surface area contributed by atoms with E-state index in [1.54, 1.807) is 0 Å². The molecule has 0 amide bonds. The van der Waals surface area contributed by atoms with Crippen LogP contribution in [0, 0.1) is 12.8 Å². The third kappa shape index (κ3) is 2.71. The van der Waals surface area contributed by atoms with Crippen LogP contribution in [-0.4, -0.2) is 35.2 Å². The van der Waals surface area contributed by atoms with Crippen LogP contribution in [0.1, 0.15) is 51.3 Å². The number of hydrogen-bond acceptors (Lipinski definition) is 3. The molecule has 20 heavy (non-hydrogen) atoms. The van der Waals surface area contributed by atoms with Gasteiger partial charge in [-0.2, -0.15) is 0 Å². The summed E-state index contributed by atoms with van der Waals surface area (Å²) >= 11 is 0. The molecule has 1 aromatic rings. The Kier molecular flexibility index (Phi) is 4.01. The van der Waals surface area contributed by atoms with Gasteiger partial charge >= 0.3 is 0 Å². The molecule has 4 nitrogen and oxygen atoms in total. The third-order valence-corrected chi connectivity index (χ3v) is 4.88. The number of rotatable bonds is 3. The highest BCUT2D eigenvalue weighted by Crippen LogP contribution is 2.29. The van der Waals surface area contributed by atoms with Gasteiger partial charge in [0, 0.05) is 31.4 Å². The SMILES string of the molecule is Cc1cn(C(C)C)c(N2CCC(C3CCCN3)CC2)n1. The van der Waals surface area contributed by atoms with Crippen LogP contribution in [0.3, 0.4) is 0 Å². The van der Waals surface area contributed by atoms with E-state index in [1.165, 1.54) is 38.2 Å². The van der Waals surface area contributed by atoms with E-state index in [2.05, 4.69) is 41.8 Å². The summed E-state index contributed by atoms with van der Waals surface area (Å²) in [6.07, 6.45) is 7.54. The van der Waals surface area contributed by atoms with Gasteiger partial charge in [0.25, 0.3) is 0 Å². The third-order valence-electron chi connectivity index (χ3n) is 4.88. The Hall–Kier alpha value is -1.03. The lowest BCUT2D eigenvalue weighted by Gasteiger charge is -2.36. The van der Waals surface area contributed by atoms with Gasteiger partial charge in [-0.05, 0) is 58.9 Å². The lowest BCUT2D eigenvalue weighted by Crippen LogP contribution is -2.41. The van der Waals surface area contributed by atoms with E-state index in [0.717, 1.165) is 30.7 Å². The number of nitrogens with zero attached hydrogens (tertiary/aromatic N) is 3. The van der Waals surface area contributed by atoms with Gasteiger partial charge in [-0.1, -0.05) is 0 Å². The maximum absolute atomic E-state index is 4.75. The Morgan fingerprint density at radius 3 is 2.60 bits per heavy atom. The molecule has 3 heterocycles. The van der Waals surface area contributed by atoms with Crippen LogP contribution in [0.15, 0.2) is 6.20 Å². The fraction of sp³-hybridized carbons (Fsp3) is 0.812. The van der Waals surface area contributed by atoms with Crippen LogP contribution in [0.2, 0.25) is 0 Å². The van der Waals surface area contributed by atoms with Crippen LogP contribution in [0.25, 0.3) is 0 Å². The molecule has 1 aromatic heterocycles. The molecule has 112 valence electrons. The zero-order valence-corrected chi connectivity index (χ0v) is 13.1. The molecule has 2 fully saturated rings. The van der Waals surface area contributed by atoms with Crippen molar-refractivity contribution in [2.45, 2.75) is 58.5 Å². The fourth-order valence-electron chi connectivity index (χ4n) is 3.73. The molecule has 0 spiro atoms. The zero-order valence-electron chi connectivity index (χ0n) is 13.1. The first-order valence-corrected chi connectivity index (χ1v) is 8.19. The van der Waals surface area contributed by atoms with Gasteiger partial charge in [0.1, 0.15) is 0 Å². The van der Waals surface area contributed by atoms with Crippen molar-refractivity contribution in [2.24, 2.45) is 5.92 Å². The van der Waals surface area contributed by atoms with E-state index in [1.807, 2.05) is 0 Å². The standard InChI is InChI=1S/C16H28N4/c1-12(2)20-11-13(3)18-16(20)19-9-6-14(7-10-19)15-5-4-8-17-15/h11-12,14-15,17H,4-10H2,1-3H3. The first kappa shape index (κ1) is 13.9. The summed E-state index contributed by atoms with van der Waals surface area (Å²) in [7, 11) is 0. The number of aryl methyl sites for hydroxylation is 1. The van der Waals surface area contributed by atoms with E-state index in [-0.39, 0.29) is 0 Å². The van der Waals surface area contributed by atoms with Crippen molar-refractivity contribution in [2.75, 3.05) is 24.5 Å². The quantitative estimate of drug-likeness (QED) is 0.921. The van der Waals surface area contributed by atoms with Crippen molar-refractivity contribution in [1.82, 2.24) is 14.9 Å². The Balaban J connectivity index is 1.65. The molecule has 2 aliphatic rings. The molecule has 0 aliphatic carbocycles. The van der Waals surface area contributed by atoms with Crippen LogP contribution in [-0.2, 0) is 0 Å². The van der Waals surface area contributed by atoms with E-state index < -0.39 is 0 Å². The molecule has 0 bridgehead atoms. The topological polar surface area (TPSA) is 33.1 Å². The van der Waals surface area contributed by atoms with E-state index >= 15 is 0 Å². The predicted molar refractivity (Wildman–Crippen MR) is 83.3 cm³/mol. The normalized spacial score (nSPS) is 24.8. The molecular weight excluding hydrogens is 248 g/mol. The monoisotopic (exact) mass is 276 g/mol. The van der Waals surface area contributed by atoms with Crippen molar-refractivity contribution in [3.05, 3.63) is 11.9 Å². The largest absolute Gasteiger partial charge is 0.342 e. The van der Waals surface area contributed by atoms with E-state index in [0.29, 0.717) is 6.04 Å². The smallest absolute Gasteiger partial charge is 0.205 e. The van der Waals surface area contributed by atoms with Crippen LogP contribution >= 0.6 is 0 Å². The maximum atomic E-state index is 4.75. The second-order valence-electron chi connectivity index (χ2n) is 6.71. The summed E-state index contributed by atoms with van der Waals surface area (Å²) in [5.41, 5.74) is 1.13. The summed E-state index contributed by atoms with van der Waals surface area (Å²) in [6, 6.07) is 1.27. The average Bonchev–Trinajstić information content (AvgIpc) is 3.08. The number of imidazole rings is 1. The van der Waals surface area contributed by atoms with Crippen LogP contribution < -0.4 is 10.2 Å². The fourth-order valence-corrected chi connectivity index (χ4v) is 3.73. The van der Waals surface area contributed by atoms with Gasteiger partial charge in [0.05, 0.1) is 5.69 Å². The van der Waals surface area contributed by atoms with E-state index in [9.17, 15) is 0 Å². The molecule has 1 N–H and O–H groups in total. The van der Waals surface area contributed by atoms with Crippen molar-refractivity contribution in [3.8, 4) is 0 Å². The van der Waals surface area contributed by atoms with Gasteiger partial charge in [-0.25, -0.2) is 4.98 Å². The lowest BCUT2D eigenvalue weighted by molar-refractivity contribution is 0.316. The number of hydrogen-bond donors (Lipinski definition) is 1. The predicted octanol–water partition coefficient (Wildman–Crippen LogP) is 2.74. The Morgan fingerprint density at radius 1 is 1.25 bits per heavy atom. The lowest BCUT2D eigenvalue weighted by atomic mass is 9.89. The van der Waals surface area contributed by atoms with Crippen molar-refractivity contribution in [1.29, 1.82) is 0 Å². The summed E-state index contributed by atoms with van der Waals surface area (Å²) in [5.74, 6) is 2.05. The highest BCUT2D eigenvalue weighted by molar-refractivity contribution is 5.34. The summed E-state index contributed by atoms with van der Waals surface area (Å²) in [4.78, 5) is 7.24. The number of anilines is 1. The minimum Gasteiger partial charge on any atom is -0.342 e. The molecule has 1 unspecified atom stereocenters. The van der Waals surface area contributed by atoms with Crippen LogP contribution in [0.4, 0.5) is 5.95 Å². The Bertz CT molecular complexity index is 437. The highest BCUT2D eigenvalue weighted by Gasteiger charge is 2.29. The molecule has 0 aromatic carbocycles. The van der Waals surface area contributed by atoms with Gasteiger partial charge in [0.2, 0.25) is 5.95 Å². The second-order valence-corrected chi connectivity index (χ2v) is 6.71. The first-order valence-electron chi connectivity index (χ1n) is 8.19. The van der Waals surface area contributed by atoms with Gasteiger partial charge in [-0.15, -0.1) is 0 Å². The van der Waals surface area contributed by atoms with Crippen molar-refractivity contribution >= 4 is 5.95 Å². The number of nitrogens with one attached hydrogen (secondary N) is 1. The van der Waals surface area contributed by atoms with Crippen LogP contribution in [0.5, 0.6) is 0 Å². The van der Waals surface area contributed by atoms with Gasteiger partial charge in [0.15, 0.2) is 0 Å². The average molecular weight is 276 g/mol. The molecule has 1 atom stereocenters. The molecule has 4 heteroatoms. The maximum Gasteiger partial charge on any atom is 0.205 e. The molecule has 2 saturated heterocycles. The summed E-state index contributed by atoms with van der Waals surface area (Å²) in [5, 5.41) is 3.68. The molecule has 3 rings (SSSR count). The minimum absolute atomic E-state index is 0.487. The summed E-state index contributed by atoms with van der Waals surface area (Å²) < 4.78 is 2.32. The molecule has 0 radical (unpaired) electrons. The first-order chi connectivity index (χ1) is 9.65. The Labute approximate surface area is 122 Å². The van der Waals surface area contributed by atoms with Gasteiger partial charge < -0.3 is 14.8 Å². The number of aromatic nitrogens is 2.